The highest BCUT2D eigenvalue weighted by Crippen LogP contribution is 2.38. The average Bonchev–Trinajstić information content (AvgIpc) is 2.11. The molecular formula is C13H15NO3. The summed E-state index contributed by atoms with van der Waals surface area (Å²) in [7, 11) is 0. The highest BCUT2D eigenvalue weighted by atomic mass is 16.7. The molecule has 0 radical (unpaired) electrons. The fourth-order valence-corrected chi connectivity index (χ4v) is 2.18. The second-order valence-electron chi connectivity index (χ2n) is 5.12. The number of hydrogen-bond donors (Lipinski definition) is 0. The molecule has 1 aliphatic heterocycles. The second-order valence-corrected chi connectivity index (χ2v) is 5.12. The summed E-state index contributed by atoms with van der Waals surface area (Å²) in [6.07, 6.45) is 5.19. The Kier molecular flexibility index (Phi) is 2.15. The number of hydrogen-bond acceptors (Lipinski definition) is 4. The lowest BCUT2D eigenvalue weighted by Gasteiger charge is -2.32. The molecule has 1 fully saturated rings. The third-order valence-corrected chi connectivity index (χ3v) is 3.32. The van der Waals surface area contributed by atoms with E-state index in [-0.39, 0.29) is 5.97 Å². The molecule has 0 saturated heterocycles. The van der Waals surface area contributed by atoms with E-state index in [0.717, 1.165) is 5.69 Å². The van der Waals surface area contributed by atoms with Crippen LogP contribution in [0.4, 0.5) is 0 Å². The van der Waals surface area contributed by atoms with Crippen molar-refractivity contribution < 1.29 is 14.3 Å². The van der Waals surface area contributed by atoms with Crippen molar-refractivity contribution in [2.45, 2.75) is 44.8 Å². The third kappa shape index (κ3) is 1.77. The molecular weight excluding hydrogens is 218 g/mol. The van der Waals surface area contributed by atoms with E-state index < -0.39 is 5.79 Å². The summed E-state index contributed by atoms with van der Waals surface area (Å²) in [5.41, 5.74) is 1.45. The van der Waals surface area contributed by atoms with Crippen molar-refractivity contribution in [2.24, 2.45) is 0 Å². The zero-order valence-electron chi connectivity index (χ0n) is 10.0. The van der Waals surface area contributed by atoms with Crippen LogP contribution in [-0.2, 0) is 4.74 Å². The molecule has 0 aromatic carbocycles. The van der Waals surface area contributed by atoms with E-state index in [9.17, 15) is 4.79 Å². The van der Waals surface area contributed by atoms with E-state index in [1.54, 1.807) is 20.0 Å². The number of aromatic nitrogens is 1. The minimum atomic E-state index is -0.887. The van der Waals surface area contributed by atoms with Gasteiger partial charge in [-0.2, -0.15) is 0 Å². The summed E-state index contributed by atoms with van der Waals surface area (Å²) in [5, 5.41) is 0. The molecule has 1 saturated carbocycles. The number of carbonyl (C=O) groups excluding carboxylic acids is 1. The summed E-state index contributed by atoms with van der Waals surface area (Å²) < 4.78 is 10.8. The van der Waals surface area contributed by atoms with Crippen molar-refractivity contribution in [2.75, 3.05) is 0 Å². The molecule has 1 aliphatic carbocycles. The maximum atomic E-state index is 11.7. The lowest BCUT2D eigenvalue weighted by molar-refractivity contribution is -0.127. The number of ether oxygens (including phenoxy) is 2. The highest BCUT2D eigenvalue weighted by Gasteiger charge is 2.35. The van der Waals surface area contributed by atoms with Gasteiger partial charge in [-0.3, -0.25) is 4.98 Å². The minimum absolute atomic E-state index is 0.357. The van der Waals surface area contributed by atoms with Gasteiger partial charge in [-0.15, -0.1) is 0 Å². The fraction of sp³-hybridized carbons (Fsp3) is 0.538. The van der Waals surface area contributed by atoms with Gasteiger partial charge in [-0.05, 0) is 12.8 Å². The van der Waals surface area contributed by atoms with E-state index in [4.69, 9.17) is 9.47 Å². The summed E-state index contributed by atoms with van der Waals surface area (Å²) in [4.78, 5) is 16.1. The number of nitrogens with zero attached hydrogens (tertiary/aromatic N) is 1. The van der Waals surface area contributed by atoms with Crippen LogP contribution in [0.2, 0.25) is 0 Å². The van der Waals surface area contributed by atoms with E-state index in [0.29, 0.717) is 17.2 Å². The van der Waals surface area contributed by atoms with Gasteiger partial charge in [-0.1, -0.05) is 6.42 Å². The Morgan fingerprint density at radius 3 is 2.76 bits per heavy atom. The van der Waals surface area contributed by atoms with Crippen LogP contribution in [0.15, 0.2) is 12.3 Å². The molecule has 0 atom stereocenters. The number of rotatable bonds is 1. The molecule has 3 rings (SSSR count). The number of carbonyl (C=O) groups is 1. The van der Waals surface area contributed by atoms with Crippen LogP contribution in [0, 0.1) is 0 Å². The Labute approximate surface area is 99.9 Å². The maximum Gasteiger partial charge on any atom is 0.346 e. The SMILES string of the molecule is CC1(C)OC(=O)c2cnc(C3CCC3)cc2O1. The average molecular weight is 233 g/mol. The zero-order valence-corrected chi connectivity index (χ0v) is 10.0. The Bertz CT molecular complexity index is 478. The van der Waals surface area contributed by atoms with E-state index >= 15 is 0 Å². The molecule has 17 heavy (non-hydrogen) atoms. The molecule has 2 heterocycles. The smallest absolute Gasteiger partial charge is 0.346 e. The molecule has 0 bridgehead atoms. The normalized spacial score (nSPS) is 22.1. The first-order chi connectivity index (χ1) is 8.05. The van der Waals surface area contributed by atoms with Crippen LogP contribution >= 0.6 is 0 Å². The first kappa shape index (κ1) is 10.6. The van der Waals surface area contributed by atoms with Gasteiger partial charge in [0.2, 0.25) is 5.79 Å². The van der Waals surface area contributed by atoms with Crippen molar-refractivity contribution in [3.8, 4) is 5.75 Å². The summed E-state index contributed by atoms with van der Waals surface area (Å²) >= 11 is 0. The summed E-state index contributed by atoms with van der Waals surface area (Å²) in [6, 6.07) is 1.89. The van der Waals surface area contributed by atoms with Gasteiger partial charge in [0.25, 0.3) is 0 Å². The zero-order chi connectivity index (χ0) is 12.0. The van der Waals surface area contributed by atoms with Crippen molar-refractivity contribution >= 4 is 5.97 Å². The molecule has 2 aliphatic rings. The van der Waals surface area contributed by atoms with Crippen LogP contribution in [0.5, 0.6) is 5.75 Å². The predicted octanol–water partition coefficient (Wildman–Crippen LogP) is 2.63. The van der Waals surface area contributed by atoms with Crippen LogP contribution in [-0.4, -0.2) is 16.7 Å². The van der Waals surface area contributed by atoms with Crippen LogP contribution < -0.4 is 4.74 Å². The number of pyridine rings is 1. The quantitative estimate of drug-likeness (QED) is 0.699. The van der Waals surface area contributed by atoms with Gasteiger partial charge in [-0.25, -0.2) is 4.79 Å². The minimum Gasteiger partial charge on any atom is -0.452 e. The number of esters is 1. The summed E-state index contributed by atoms with van der Waals surface area (Å²) in [5.74, 6) is -0.112. The predicted molar refractivity (Wildman–Crippen MR) is 61.0 cm³/mol. The van der Waals surface area contributed by atoms with Crippen LogP contribution in [0.1, 0.15) is 55.1 Å². The van der Waals surface area contributed by atoms with Crippen molar-refractivity contribution in [3.63, 3.8) is 0 Å². The lowest BCUT2D eigenvalue weighted by Crippen LogP contribution is -2.39. The van der Waals surface area contributed by atoms with Crippen molar-refractivity contribution in [1.82, 2.24) is 4.98 Å². The molecule has 0 N–H and O–H groups in total. The van der Waals surface area contributed by atoms with Crippen molar-refractivity contribution in [1.29, 1.82) is 0 Å². The summed E-state index contributed by atoms with van der Waals surface area (Å²) in [6.45, 7) is 3.47. The van der Waals surface area contributed by atoms with Gasteiger partial charge in [0.1, 0.15) is 11.3 Å². The lowest BCUT2D eigenvalue weighted by atomic mass is 9.82. The van der Waals surface area contributed by atoms with Gasteiger partial charge in [0, 0.05) is 37.7 Å². The Balaban J connectivity index is 1.98. The first-order valence-corrected chi connectivity index (χ1v) is 5.97. The fourth-order valence-electron chi connectivity index (χ4n) is 2.18. The molecule has 1 aromatic rings. The molecule has 0 amide bonds. The Morgan fingerprint density at radius 2 is 2.12 bits per heavy atom. The van der Waals surface area contributed by atoms with Crippen LogP contribution in [0.25, 0.3) is 0 Å². The molecule has 1 aromatic heterocycles. The Hall–Kier alpha value is -1.58. The maximum absolute atomic E-state index is 11.7. The largest absolute Gasteiger partial charge is 0.452 e. The topological polar surface area (TPSA) is 48.4 Å². The third-order valence-electron chi connectivity index (χ3n) is 3.32. The first-order valence-electron chi connectivity index (χ1n) is 5.97. The van der Waals surface area contributed by atoms with Gasteiger partial charge in [0.05, 0.1) is 0 Å². The molecule has 90 valence electrons. The monoisotopic (exact) mass is 233 g/mol. The molecule has 4 heteroatoms. The van der Waals surface area contributed by atoms with Gasteiger partial charge >= 0.3 is 5.97 Å². The van der Waals surface area contributed by atoms with Gasteiger partial charge < -0.3 is 9.47 Å². The standard InChI is InChI=1S/C13H15NO3/c1-13(2)16-11-6-10(8-4-3-5-8)14-7-9(11)12(15)17-13/h6-8H,3-5H2,1-2H3. The van der Waals surface area contributed by atoms with E-state index in [1.807, 2.05) is 6.07 Å². The second kappa shape index (κ2) is 3.45. The van der Waals surface area contributed by atoms with E-state index in [2.05, 4.69) is 4.98 Å². The Morgan fingerprint density at radius 1 is 1.35 bits per heavy atom. The van der Waals surface area contributed by atoms with Crippen LogP contribution in [0.3, 0.4) is 0 Å². The number of cyclic esters (lactones) is 1. The molecule has 0 spiro atoms. The van der Waals surface area contributed by atoms with Gasteiger partial charge in [0.15, 0.2) is 0 Å². The molecule has 4 nitrogen and oxygen atoms in total. The molecule has 0 unspecified atom stereocenters. The van der Waals surface area contributed by atoms with Crippen molar-refractivity contribution in [3.05, 3.63) is 23.5 Å². The highest BCUT2D eigenvalue weighted by molar-refractivity contribution is 5.93. The number of fused-ring (bicyclic) bond motifs is 1. The van der Waals surface area contributed by atoms with E-state index in [1.165, 1.54) is 19.3 Å².